The number of rotatable bonds is 3. The normalized spacial score (nSPS) is 18.4. The molecule has 1 aromatic carbocycles. The summed E-state index contributed by atoms with van der Waals surface area (Å²) in [6, 6.07) is 0.987. The van der Waals surface area contributed by atoms with Crippen molar-refractivity contribution in [2.24, 2.45) is 0 Å². The molecule has 2 fully saturated rings. The van der Waals surface area contributed by atoms with Gasteiger partial charge in [-0.3, -0.25) is 9.47 Å². The summed E-state index contributed by atoms with van der Waals surface area (Å²) in [6.07, 6.45) is 3.96. The van der Waals surface area contributed by atoms with Gasteiger partial charge in [-0.1, -0.05) is 0 Å². The highest BCUT2D eigenvalue weighted by Gasteiger charge is 2.28. The summed E-state index contributed by atoms with van der Waals surface area (Å²) in [5.74, 6) is -3.07. The van der Waals surface area contributed by atoms with Gasteiger partial charge >= 0.3 is 5.97 Å². The number of halogens is 2. The van der Waals surface area contributed by atoms with E-state index < -0.39 is 28.6 Å². The lowest BCUT2D eigenvalue weighted by Crippen LogP contribution is -2.45. The van der Waals surface area contributed by atoms with Gasteiger partial charge in [-0.15, -0.1) is 0 Å². The van der Waals surface area contributed by atoms with E-state index in [9.17, 15) is 19.1 Å². The number of carbonyl (C=O) groups is 1. The predicted octanol–water partition coefficient (Wildman–Crippen LogP) is 1.85. The van der Waals surface area contributed by atoms with E-state index in [1.54, 1.807) is 4.90 Å². The van der Waals surface area contributed by atoms with Crippen LogP contribution in [0.2, 0.25) is 0 Å². The number of carboxylic acids is 1. The predicted molar refractivity (Wildman–Crippen MR) is 107 cm³/mol. The van der Waals surface area contributed by atoms with E-state index in [0.29, 0.717) is 39.3 Å². The van der Waals surface area contributed by atoms with Crippen molar-refractivity contribution >= 4 is 22.6 Å². The van der Waals surface area contributed by atoms with Crippen molar-refractivity contribution in [2.75, 3.05) is 56.2 Å². The van der Waals surface area contributed by atoms with E-state index in [4.69, 9.17) is 0 Å². The largest absolute Gasteiger partial charge is 0.477 e. The Bertz CT molecular complexity index is 1010. The van der Waals surface area contributed by atoms with Crippen LogP contribution in [0.5, 0.6) is 0 Å². The molecule has 0 unspecified atom stereocenters. The molecule has 4 rings (SSSR count). The lowest BCUT2D eigenvalue weighted by molar-refractivity contribution is 0.0694. The Kier molecular flexibility index (Phi) is 5.16. The lowest BCUT2D eigenvalue weighted by Gasteiger charge is -2.35. The molecule has 0 amide bonds. The number of pyridine rings is 1. The molecule has 2 aliphatic rings. The molecule has 0 aliphatic carbocycles. The first-order valence-corrected chi connectivity index (χ1v) is 9.88. The van der Waals surface area contributed by atoms with Crippen LogP contribution in [0.3, 0.4) is 0 Å². The van der Waals surface area contributed by atoms with Gasteiger partial charge < -0.3 is 19.9 Å². The number of aromatic carboxylic acids is 1. The highest BCUT2D eigenvalue weighted by Crippen LogP contribution is 2.31. The molecule has 0 spiro atoms. The second-order valence-corrected chi connectivity index (χ2v) is 7.74. The van der Waals surface area contributed by atoms with Crippen LogP contribution >= 0.6 is 0 Å². The first-order valence-electron chi connectivity index (χ1n) is 9.88. The smallest absolute Gasteiger partial charge is 0.341 e. The molecule has 156 valence electrons. The molecule has 1 aromatic heterocycles. The van der Waals surface area contributed by atoms with Crippen molar-refractivity contribution in [3.05, 3.63) is 39.7 Å². The molecular formula is C20H24F2N4O3. The van der Waals surface area contributed by atoms with Gasteiger partial charge in [0.2, 0.25) is 5.43 Å². The van der Waals surface area contributed by atoms with Crippen molar-refractivity contribution in [2.45, 2.75) is 19.3 Å². The minimum atomic E-state index is -1.41. The third-order valence-electron chi connectivity index (χ3n) is 5.83. The maximum Gasteiger partial charge on any atom is 0.341 e. The van der Waals surface area contributed by atoms with E-state index in [2.05, 4.69) is 4.90 Å². The van der Waals surface area contributed by atoms with Gasteiger partial charge in [0.05, 0.1) is 5.39 Å². The van der Waals surface area contributed by atoms with E-state index >= 15 is 4.39 Å². The van der Waals surface area contributed by atoms with Gasteiger partial charge in [-0.2, -0.15) is 0 Å². The van der Waals surface area contributed by atoms with Gasteiger partial charge in [-0.05, 0) is 32.4 Å². The number of hydrogen-bond acceptors (Lipinski definition) is 5. The zero-order valence-electron chi connectivity index (χ0n) is 16.3. The topological polar surface area (TPSA) is 69.0 Å². The molecule has 0 saturated carbocycles. The Balaban J connectivity index is 1.96. The summed E-state index contributed by atoms with van der Waals surface area (Å²) >= 11 is 0. The Morgan fingerprint density at radius 3 is 2.31 bits per heavy atom. The molecule has 3 heterocycles. The van der Waals surface area contributed by atoms with Gasteiger partial charge in [0.25, 0.3) is 0 Å². The number of fused-ring (bicyclic) bond motifs is 1. The van der Waals surface area contributed by atoms with Crippen LogP contribution in [0.1, 0.15) is 29.6 Å². The molecule has 7 nitrogen and oxygen atoms in total. The second kappa shape index (κ2) is 7.62. The van der Waals surface area contributed by atoms with Crippen LogP contribution in [-0.2, 0) is 0 Å². The van der Waals surface area contributed by atoms with Crippen molar-refractivity contribution in [3.63, 3.8) is 0 Å². The van der Waals surface area contributed by atoms with Crippen LogP contribution in [0, 0.1) is 11.6 Å². The van der Waals surface area contributed by atoms with E-state index in [1.807, 2.05) is 12.1 Å². The molecule has 2 aromatic rings. The van der Waals surface area contributed by atoms with Crippen LogP contribution in [-0.4, -0.2) is 67.0 Å². The average molecular weight is 406 g/mol. The fraction of sp³-hybridized carbons (Fsp3) is 0.500. The molecule has 0 bridgehead atoms. The van der Waals surface area contributed by atoms with Crippen molar-refractivity contribution in [1.29, 1.82) is 0 Å². The number of benzene rings is 1. The minimum absolute atomic E-state index is 0.0581. The van der Waals surface area contributed by atoms with Crippen LogP contribution in [0.15, 0.2) is 17.1 Å². The number of nitrogens with zero attached hydrogens (tertiary/aromatic N) is 4. The van der Waals surface area contributed by atoms with Gasteiger partial charge in [0, 0.05) is 45.5 Å². The number of hydrogen-bond donors (Lipinski definition) is 1. The van der Waals surface area contributed by atoms with Crippen LogP contribution < -0.4 is 15.3 Å². The zero-order chi connectivity index (χ0) is 20.7. The number of carboxylic acid groups (broad SMARTS) is 1. The number of piperazine rings is 1. The summed E-state index contributed by atoms with van der Waals surface area (Å²) in [4.78, 5) is 28.0. The van der Waals surface area contributed by atoms with Gasteiger partial charge in [0.1, 0.15) is 22.6 Å². The van der Waals surface area contributed by atoms with Crippen LogP contribution in [0.4, 0.5) is 14.5 Å². The Hall–Kier alpha value is -2.68. The first-order chi connectivity index (χ1) is 13.9. The molecule has 2 aliphatic heterocycles. The summed E-state index contributed by atoms with van der Waals surface area (Å²) in [5.41, 5.74) is -1.58. The SMILES string of the molecule is CN1CCN(c2c(F)cc3c(=O)c(C(=O)O)cn(N4CCCCC4)c3c2F)CC1. The first kappa shape index (κ1) is 19.6. The Morgan fingerprint density at radius 2 is 1.69 bits per heavy atom. The fourth-order valence-electron chi connectivity index (χ4n) is 4.17. The zero-order valence-corrected chi connectivity index (χ0v) is 16.3. The molecule has 0 radical (unpaired) electrons. The summed E-state index contributed by atoms with van der Waals surface area (Å²) in [5, 5.41) is 11.0. The molecule has 0 atom stereocenters. The summed E-state index contributed by atoms with van der Waals surface area (Å²) in [7, 11) is 1.95. The summed E-state index contributed by atoms with van der Waals surface area (Å²) < 4.78 is 32.1. The maximum absolute atomic E-state index is 15.7. The van der Waals surface area contributed by atoms with Crippen molar-refractivity contribution in [3.8, 4) is 0 Å². The molecule has 29 heavy (non-hydrogen) atoms. The highest BCUT2D eigenvalue weighted by atomic mass is 19.1. The van der Waals surface area contributed by atoms with E-state index in [-0.39, 0.29) is 16.6 Å². The standard InChI is InChI=1S/C20H24F2N4O3/c1-23-7-9-24(10-8-23)18-15(21)11-13-17(16(18)22)26(25-5-3-2-4-6-25)12-14(19(13)27)20(28)29/h11-12H,2-10H2,1H3,(H,28,29). The van der Waals surface area contributed by atoms with Gasteiger partial charge in [-0.25, -0.2) is 13.6 Å². The third-order valence-corrected chi connectivity index (χ3v) is 5.83. The Labute approximate surface area is 166 Å². The van der Waals surface area contributed by atoms with Crippen molar-refractivity contribution < 1.29 is 18.7 Å². The van der Waals surface area contributed by atoms with E-state index in [1.165, 1.54) is 10.9 Å². The molecule has 9 heteroatoms. The van der Waals surface area contributed by atoms with Crippen molar-refractivity contribution in [1.82, 2.24) is 9.58 Å². The lowest BCUT2D eigenvalue weighted by atomic mass is 10.1. The highest BCUT2D eigenvalue weighted by molar-refractivity contribution is 5.94. The number of aromatic nitrogens is 1. The second-order valence-electron chi connectivity index (χ2n) is 7.74. The quantitative estimate of drug-likeness (QED) is 0.839. The Morgan fingerprint density at radius 1 is 1.03 bits per heavy atom. The number of piperidine rings is 1. The fourth-order valence-corrected chi connectivity index (χ4v) is 4.17. The number of anilines is 1. The minimum Gasteiger partial charge on any atom is -0.477 e. The van der Waals surface area contributed by atoms with E-state index in [0.717, 1.165) is 25.3 Å². The molecule has 1 N–H and O–H groups in total. The summed E-state index contributed by atoms with van der Waals surface area (Å²) in [6.45, 7) is 3.50. The van der Waals surface area contributed by atoms with Gasteiger partial charge in [0.15, 0.2) is 5.82 Å². The van der Waals surface area contributed by atoms with Crippen LogP contribution in [0.25, 0.3) is 10.9 Å². The maximum atomic E-state index is 15.7. The monoisotopic (exact) mass is 406 g/mol. The average Bonchev–Trinajstić information content (AvgIpc) is 2.70. The third kappa shape index (κ3) is 3.43. The number of likely N-dealkylation sites (N-methyl/N-ethyl adjacent to an activating group) is 1. The molecular weight excluding hydrogens is 382 g/mol. The molecule has 2 saturated heterocycles.